The predicted molar refractivity (Wildman–Crippen MR) is 88.3 cm³/mol. The van der Waals surface area contributed by atoms with Gasteiger partial charge in [-0.1, -0.05) is 29.8 Å². The summed E-state index contributed by atoms with van der Waals surface area (Å²) in [6, 6.07) is 7.53. The highest BCUT2D eigenvalue weighted by molar-refractivity contribution is 7.99. The fourth-order valence-electron chi connectivity index (χ4n) is 2.32. The zero-order valence-electron chi connectivity index (χ0n) is 11.8. The van der Waals surface area contributed by atoms with Gasteiger partial charge in [-0.3, -0.25) is 10.1 Å². The van der Waals surface area contributed by atoms with Gasteiger partial charge in [-0.25, -0.2) is 4.98 Å². The Morgan fingerprint density at radius 1 is 1.50 bits per heavy atom. The first-order valence-corrected chi connectivity index (χ1v) is 8.48. The molecule has 7 heteroatoms. The van der Waals surface area contributed by atoms with Crippen molar-refractivity contribution in [3.63, 3.8) is 0 Å². The minimum absolute atomic E-state index is 0.399. The number of hydrogen-bond donors (Lipinski definition) is 2. The second-order valence-electron chi connectivity index (χ2n) is 5.26. The average Bonchev–Trinajstić information content (AvgIpc) is 3.12. The molecule has 1 unspecified atom stereocenters. The Hall–Kier alpha value is -1.50. The van der Waals surface area contributed by atoms with Crippen molar-refractivity contribution >= 4 is 35.2 Å². The van der Waals surface area contributed by atoms with E-state index < -0.39 is 11.5 Å². The molecule has 0 radical (unpaired) electrons. The summed E-state index contributed by atoms with van der Waals surface area (Å²) in [5.74, 6) is 1.22. The van der Waals surface area contributed by atoms with E-state index >= 15 is 0 Å². The molecule has 0 saturated carbocycles. The van der Waals surface area contributed by atoms with E-state index in [2.05, 4.69) is 10.3 Å². The highest BCUT2D eigenvalue weighted by atomic mass is 35.5. The van der Waals surface area contributed by atoms with Crippen molar-refractivity contribution in [1.29, 1.82) is 0 Å². The van der Waals surface area contributed by atoms with Crippen LogP contribution in [0.25, 0.3) is 0 Å². The number of imidazole rings is 1. The maximum absolute atomic E-state index is 12.3. The number of hydrogen-bond acceptors (Lipinski definition) is 4. The van der Waals surface area contributed by atoms with Crippen LogP contribution < -0.4 is 5.32 Å². The van der Waals surface area contributed by atoms with Crippen LogP contribution in [0.1, 0.15) is 12.0 Å². The number of aromatic nitrogens is 2. The topological polar surface area (TPSA) is 67.2 Å². The van der Waals surface area contributed by atoms with E-state index in [-0.39, 0.29) is 0 Å². The lowest BCUT2D eigenvalue weighted by atomic mass is 10.0. The Kier molecular flexibility index (Phi) is 4.42. The molecule has 22 heavy (non-hydrogen) atoms. The molecule has 1 aliphatic heterocycles. The number of carbonyl (C=O) groups excluding carboxylic acids is 1. The summed E-state index contributed by atoms with van der Waals surface area (Å²) in [4.78, 5) is 16.4. The van der Waals surface area contributed by atoms with Crippen LogP contribution in [0.5, 0.6) is 0 Å². The third-order valence-electron chi connectivity index (χ3n) is 3.66. The van der Waals surface area contributed by atoms with Gasteiger partial charge in [0.15, 0.2) is 5.60 Å². The number of thioether (sulfide) groups is 1. The Morgan fingerprint density at radius 2 is 2.32 bits per heavy atom. The maximum atomic E-state index is 12.3. The fourth-order valence-corrected chi connectivity index (χ4v) is 3.76. The van der Waals surface area contributed by atoms with Gasteiger partial charge in [0, 0.05) is 23.2 Å². The van der Waals surface area contributed by atoms with Gasteiger partial charge in [-0.2, -0.15) is 11.8 Å². The lowest BCUT2D eigenvalue weighted by molar-refractivity contribution is -0.131. The first-order chi connectivity index (χ1) is 10.6. The second-order valence-corrected chi connectivity index (χ2v) is 6.77. The number of anilines is 1. The Balaban J connectivity index is 1.75. The monoisotopic (exact) mass is 337 g/mol. The molecular formula is C15H16ClN3O2S. The van der Waals surface area contributed by atoms with Crippen molar-refractivity contribution in [3.8, 4) is 0 Å². The minimum atomic E-state index is -1.30. The number of carbonyl (C=O) groups is 1. The van der Waals surface area contributed by atoms with Crippen LogP contribution in [0.4, 0.5) is 5.95 Å². The number of benzene rings is 1. The van der Waals surface area contributed by atoms with Gasteiger partial charge in [-0.15, -0.1) is 0 Å². The molecule has 0 spiro atoms. The van der Waals surface area contributed by atoms with Crippen molar-refractivity contribution in [2.75, 3.05) is 16.8 Å². The van der Waals surface area contributed by atoms with Crippen LogP contribution in [-0.2, 0) is 11.3 Å². The molecule has 1 fully saturated rings. The molecule has 0 bridgehead atoms. The van der Waals surface area contributed by atoms with E-state index in [9.17, 15) is 9.90 Å². The molecule has 5 nitrogen and oxygen atoms in total. The lowest BCUT2D eigenvalue weighted by Gasteiger charge is -2.20. The molecule has 1 atom stereocenters. The molecule has 1 aromatic carbocycles. The number of rotatable bonds is 4. The highest BCUT2D eigenvalue weighted by Crippen LogP contribution is 2.29. The van der Waals surface area contributed by atoms with Crippen LogP contribution in [-0.4, -0.2) is 37.7 Å². The predicted octanol–water partition coefficient (Wildman–Crippen LogP) is 2.39. The molecule has 2 N–H and O–H groups in total. The Labute approximate surface area is 137 Å². The number of nitrogens with zero attached hydrogens (tertiary/aromatic N) is 2. The molecule has 0 aliphatic carbocycles. The molecule has 1 amide bonds. The SMILES string of the molecule is O=C(Nc1nccn1Cc1ccccc1Cl)C1(O)CCSC1. The van der Waals surface area contributed by atoms with Crippen molar-refractivity contribution in [1.82, 2.24) is 9.55 Å². The van der Waals surface area contributed by atoms with Crippen molar-refractivity contribution in [3.05, 3.63) is 47.2 Å². The van der Waals surface area contributed by atoms with Crippen LogP contribution >= 0.6 is 23.4 Å². The molecular weight excluding hydrogens is 322 g/mol. The van der Waals surface area contributed by atoms with Crippen LogP contribution in [0.15, 0.2) is 36.7 Å². The zero-order valence-corrected chi connectivity index (χ0v) is 13.4. The number of halogens is 1. The number of nitrogens with one attached hydrogen (secondary N) is 1. The highest BCUT2D eigenvalue weighted by Gasteiger charge is 2.39. The second kappa shape index (κ2) is 6.32. The minimum Gasteiger partial charge on any atom is -0.379 e. The maximum Gasteiger partial charge on any atom is 0.259 e. The summed E-state index contributed by atoms with van der Waals surface area (Å²) >= 11 is 7.74. The third kappa shape index (κ3) is 3.14. The molecule has 1 aromatic heterocycles. The molecule has 116 valence electrons. The van der Waals surface area contributed by atoms with Gasteiger partial charge < -0.3 is 9.67 Å². The molecule has 2 heterocycles. The number of aliphatic hydroxyl groups is 1. The normalized spacial score (nSPS) is 21.0. The van der Waals surface area contributed by atoms with Gasteiger partial charge in [0.1, 0.15) is 0 Å². The lowest BCUT2D eigenvalue weighted by Crippen LogP contribution is -2.43. The van der Waals surface area contributed by atoms with Crippen LogP contribution in [0.2, 0.25) is 5.02 Å². The van der Waals surface area contributed by atoms with E-state index in [4.69, 9.17) is 11.6 Å². The Bertz CT molecular complexity index is 683. The van der Waals surface area contributed by atoms with Gasteiger partial charge in [0.2, 0.25) is 5.95 Å². The Morgan fingerprint density at radius 3 is 3.05 bits per heavy atom. The van der Waals surface area contributed by atoms with Crippen molar-refractivity contribution < 1.29 is 9.90 Å². The van der Waals surface area contributed by atoms with E-state index in [1.165, 1.54) is 0 Å². The van der Waals surface area contributed by atoms with Gasteiger partial charge in [-0.05, 0) is 23.8 Å². The first kappa shape index (κ1) is 15.4. The smallest absolute Gasteiger partial charge is 0.259 e. The quantitative estimate of drug-likeness (QED) is 0.899. The van der Waals surface area contributed by atoms with E-state index in [1.807, 2.05) is 24.3 Å². The van der Waals surface area contributed by atoms with Crippen LogP contribution in [0, 0.1) is 0 Å². The molecule has 3 rings (SSSR count). The molecule has 2 aromatic rings. The van der Waals surface area contributed by atoms with E-state index in [0.29, 0.717) is 29.7 Å². The fraction of sp³-hybridized carbons (Fsp3) is 0.333. The first-order valence-electron chi connectivity index (χ1n) is 6.95. The van der Waals surface area contributed by atoms with Crippen molar-refractivity contribution in [2.45, 2.75) is 18.6 Å². The molecule has 1 saturated heterocycles. The summed E-state index contributed by atoms with van der Waals surface area (Å²) in [5, 5.41) is 13.7. The van der Waals surface area contributed by atoms with Gasteiger partial charge >= 0.3 is 0 Å². The summed E-state index contributed by atoms with van der Waals surface area (Å²) in [7, 11) is 0. The van der Waals surface area contributed by atoms with E-state index in [0.717, 1.165) is 11.3 Å². The van der Waals surface area contributed by atoms with Crippen molar-refractivity contribution in [2.24, 2.45) is 0 Å². The van der Waals surface area contributed by atoms with Crippen LogP contribution in [0.3, 0.4) is 0 Å². The van der Waals surface area contributed by atoms with Gasteiger partial charge in [0.25, 0.3) is 5.91 Å². The van der Waals surface area contributed by atoms with Gasteiger partial charge in [0.05, 0.1) is 6.54 Å². The summed E-state index contributed by atoms with van der Waals surface area (Å²) < 4.78 is 1.80. The third-order valence-corrected chi connectivity index (χ3v) is 5.21. The standard InChI is InChI=1S/C15H16ClN3O2S/c16-12-4-2-1-3-11(12)9-19-7-6-17-14(19)18-13(20)15(21)5-8-22-10-15/h1-4,6-7,21H,5,8-10H2,(H,17,18,20). The largest absolute Gasteiger partial charge is 0.379 e. The summed E-state index contributed by atoms with van der Waals surface area (Å²) in [6.07, 6.45) is 3.85. The summed E-state index contributed by atoms with van der Waals surface area (Å²) in [5.41, 5.74) is -0.362. The number of amides is 1. The average molecular weight is 338 g/mol. The molecule has 1 aliphatic rings. The zero-order chi connectivity index (χ0) is 15.6. The summed E-state index contributed by atoms with van der Waals surface area (Å²) in [6.45, 7) is 0.502. The van der Waals surface area contributed by atoms with E-state index in [1.54, 1.807) is 28.7 Å².